The van der Waals surface area contributed by atoms with Gasteiger partial charge in [-0.05, 0) is 19.6 Å². The fourth-order valence-corrected chi connectivity index (χ4v) is 0. The Morgan fingerprint density at radius 2 is 1.80 bits per heavy atom. The summed E-state index contributed by atoms with van der Waals surface area (Å²) in [5.41, 5.74) is 0.907. The molecule has 0 amide bonds. The molecule has 0 bridgehead atoms. The van der Waals surface area contributed by atoms with Crippen LogP contribution in [0.3, 0.4) is 0 Å². The summed E-state index contributed by atoms with van der Waals surface area (Å²) in [7, 11) is 4.76. The van der Waals surface area contributed by atoms with Gasteiger partial charge in [0, 0.05) is 0 Å². The summed E-state index contributed by atoms with van der Waals surface area (Å²) < 4.78 is 0. The Morgan fingerprint density at radius 3 is 1.80 bits per heavy atom. The second kappa shape index (κ2) is 2.00. The third kappa shape index (κ3) is 3.73. The minimum absolute atomic E-state index is 0.907. The van der Waals surface area contributed by atoms with Crippen LogP contribution in [-0.4, -0.2) is 13.7 Å². The summed E-state index contributed by atoms with van der Waals surface area (Å²) in [5.74, 6) is 0. The summed E-state index contributed by atoms with van der Waals surface area (Å²) >= 11 is 0. The van der Waals surface area contributed by atoms with Crippen LogP contribution in [0.5, 0.6) is 0 Å². The van der Waals surface area contributed by atoms with Gasteiger partial charge in [0.2, 0.25) is 0 Å². The van der Waals surface area contributed by atoms with Crippen LogP contribution in [0.2, 0.25) is 0 Å². The van der Waals surface area contributed by atoms with Crippen molar-refractivity contribution in [2.45, 2.75) is 13.8 Å². The van der Waals surface area contributed by atoms with E-state index in [0.29, 0.717) is 0 Å². The highest BCUT2D eigenvalue weighted by Crippen LogP contribution is 1.62. The van der Waals surface area contributed by atoms with Crippen LogP contribution in [0.1, 0.15) is 13.8 Å². The molecule has 1 nitrogen and oxygen atoms in total. The van der Waals surface area contributed by atoms with E-state index in [1.165, 1.54) is 0 Å². The first-order valence-corrected chi connectivity index (χ1v) is 1.48. The Kier molecular flexibility index (Phi) is 1.90. The maximum atomic E-state index is 4.76. The summed E-state index contributed by atoms with van der Waals surface area (Å²) in [6.45, 7) is 3.69. The van der Waals surface area contributed by atoms with Gasteiger partial charge in [-0.2, -0.15) is 0 Å². The van der Waals surface area contributed by atoms with Gasteiger partial charge in [-0.1, -0.05) is 0 Å². The maximum absolute atomic E-state index is 4.76. The van der Waals surface area contributed by atoms with E-state index >= 15 is 0 Å². The van der Waals surface area contributed by atoms with Gasteiger partial charge in [-0.25, -0.2) is 0 Å². The Balaban J connectivity index is 3.14. The van der Waals surface area contributed by atoms with Gasteiger partial charge in [-0.3, -0.25) is 0 Å². The molecule has 2 radical (unpaired) electrons. The van der Waals surface area contributed by atoms with Crippen molar-refractivity contribution in [3.05, 3.63) is 0 Å². The van der Waals surface area contributed by atoms with Gasteiger partial charge < -0.3 is 4.90 Å². The van der Waals surface area contributed by atoms with Crippen LogP contribution in [-0.2, 0) is 0 Å². The van der Waals surface area contributed by atoms with Crippen molar-refractivity contribution < 1.29 is 0 Å². The molecule has 0 spiro atoms. The average Bonchev–Trinajstić information content (AvgIpc) is 1.38. The lowest BCUT2D eigenvalue weighted by atomic mass is 10.4. The molecule has 0 unspecified atom stereocenters. The van der Waals surface area contributed by atoms with Crippen molar-refractivity contribution >= 4 is 13.7 Å². The average molecular weight is 66.9 g/mol. The second-order valence-electron chi connectivity index (χ2n) is 1.08. The number of hydrogen-bond donors (Lipinski definition) is 0. The summed E-state index contributed by atoms with van der Waals surface area (Å²) in [6.07, 6.45) is 0. The zero-order valence-corrected chi connectivity index (χ0v) is 3.52. The van der Waals surface area contributed by atoms with Crippen LogP contribution in [0.15, 0.2) is 4.90 Å². The zero-order valence-electron chi connectivity index (χ0n) is 3.52. The zero-order chi connectivity index (χ0) is 4.28. The fraction of sp³-hybridized carbons (Fsp3) is 0.667. The molecule has 5 heavy (non-hydrogen) atoms. The Hall–Kier alpha value is -0.265. The highest BCUT2D eigenvalue weighted by molar-refractivity contribution is 6.11. The molecule has 0 rings (SSSR count). The van der Waals surface area contributed by atoms with E-state index in [2.05, 4.69) is 4.90 Å². The second-order valence-corrected chi connectivity index (χ2v) is 1.08. The van der Waals surface area contributed by atoms with Crippen molar-refractivity contribution in [1.82, 2.24) is 0 Å². The standard InChI is InChI=1S/C3H6BN/c1-3(2)5-4/h1-2H3. The first-order valence-electron chi connectivity index (χ1n) is 1.48. The normalized spacial score (nSPS) is 6.80. The molecule has 0 fully saturated rings. The van der Waals surface area contributed by atoms with Gasteiger partial charge in [-0.15, -0.1) is 0 Å². The minimum Gasteiger partial charge on any atom is -0.365 e. The topological polar surface area (TPSA) is 12.4 Å². The van der Waals surface area contributed by atoms with Crippen molar-refractivity contribution in [1.29, 1.82) is 0 Å². The molecule has 0 N–H and O–H groups in total. The molecule has 0 aliphatic heterocycles. The van der Waals surface area contributed by atoms with Gasteiger partial charge in [0.25, 0.3) is 7.98 Å². The summed E-state index contributed by atoms with van der Waals surface area (Å²) in [4.78, 5) is 3.31. The SMILES string of the molecule is [B]N=C(C)C. The van der Waals surface area contributed by atoms with E-state index in [0.717, 1.165) is 5.71 Å². The summed E-state index contributed by atoms with van der Waals surface area (Å²) in [6, 6.07) is 0. The molecule has 0 aliphatic carbocycles. The Morgan fingerprint density at radius 1 is 1.60 bits per heavy atom. The smallest absolute Gasteiger partial charge is 0.259 e. The third-order valence-corrected chi connectivity index (χ3v) is 0.258. The fourth-order valence-electron chi connectivity index (χ4n) is 0. The molecule has 0 aliphatic rings. The van der Waals surface area contributed by atoms with Crippen LogP contribution >= 0.6 is 0 Å². The maximum Gasteiger partial charge on any atom is 0.259 e. The summed E-state index contributed by atoms with van der Waals surface area (Å²) in [5, 5.41) is 0. The molecule has 26 valence electrons. The van der Waals surface area contributed by atoms with E-state index in [1.807, 2.05) is 13.8 Å². The van der Waals surface area contributed by atoms with Crippen LogP contribution in [0.25, 0.3) is 0 Å². The lowest BCUT2D eigenvalue weighted by Gasteiger charge is -1.74. The van der Waals surface area contributed by atoms with Crippen molar-refractivity contribution in [3.8, 4) is 0 Å². The first kappa shape index (κ1) is 4.73. The van der Waals surface area contributed by atoms with Crippen LogP contribution in [0, 0.1) is 0 Å². The molecule has 2 heteroatoms. The lowest BCUT2D eigenvalue weighted by molar-refractivity contribution is 1.66. The number of rotatable bonds is 0. The van der Waals surface area contributed by atoms with Crippen molar-refractivity contribution in [3.63, 3.8) is 0 Å². The highest BCUT2D eigenvalue weighted by atomic mass is 14.6. The molecule has 0 saturated heterocycles. The van der Waals surface area contributed by atoms with Gasteiger partial charge in [0.05, 0.1) is 0 Å². The van der Waals surface area contributed by atoms with Crippen LogP contribution < -0.4 is 0 Å². The first-order chi connectivity index (χ1) is 2.27. The van der Waals surface area contributed by atoms with E-state index < -0.39 is 0 Å². The largest absolute Gasteiger partial charge is 0.365 e. The van der Waals surface area contributed by atoms with E-state index in [4.69, 9.17) is 7.98 Å². The number of hydrogen-bond acceptors (Lipinski definition) is 1. The van der Waals surface area contributed by atoms with E-state index in [1.54, 1.807) is 0 Å². The minimum atomic E-state index is 0.907. The molecular weight excluding hydrogens is 60.9 g/mol. The van der Waals surface area contributed by atoms with Crippen molar-refractivity contribution in [2.75, 3.05) is 0 Å². The molecule has 0 aromatic carbocycles. The highest BCUT2D eigenvalue weighted by Gasteiger charge is 1.61. The predicted octanol–water partition coefficient (Wildman–Crippen LogP) is 0.551. The molecule has 0 saturated carbocycles. The molecule has 0 aromatic rings. The Labute approximate surface area is 33.5 Å². The quantitative estimate of drug-likeness (QED) is 0.290. The predicted molar refractivity (Wildman–Crippen MR) is 24.5 cm³/mol. The Bertz CT molecular complexity index is 44.9. The van der Waals surface area contributed by atoms with Gasteiger partial charge >= 0.3 is 0 Å². The van der Waals surface area contributed by atoms with Crippen molar-refractivity contribution in [2.24, 2.45) is 4.90 Å². The molecular formula is C3H6BN. The number of nitrogens with zero attached hydrogens (tertiary/aromatic N) is 1. The molecule has 0 heterocycles. The van der Waals surface area contributed by atoms with Crippen LogP contribution in [0.4, 0.5) is 0 Å². The van der Waals surface area contributed by atoms with Gasteiger partial charge in [0.15, 0.2) is 0 Å². The monoisotopic (exact) mass is 67.1 g/mol. The lowest BCUT2D eigenvalue weighted by Crippen LogP contribution is -1.75. The van der Waals surface area contributed by atoms with E-state index in [-0.39, 0.29) is 0 Å². The molecule has 0 atom stereocenters. The van der Waals surface area contributed by atoms with Gasteiger partial charge in [0.1, 0.15) is 0 Å². The van der Waals surface area contributed by atoms with E-state index in [9.17, 15) is 0 Å². The third-order valence-electron chi connectivity index (χ3n) is 0.258. The molecule has 0 aromatic heterocycles.